The Hall–Kier alpha value is -1.13. The van der Waals surface area contributed by atoms with Gasteiger partial charge in [0.15, 0.2) is 0 Å². The molecule has 2 atom stereocenters. The van der Waals surface area contributed by atoms with Crippen LogP contribution in [0.15, 0.2) is 18.2 Å². The molecule has 0 fully saturated rings. The summed E-state index contributed by atoms with van der Waals surface area (Å²) in [7, 11) is 0. The molecule has 0 saturated heterocycles. The minimum atomic E-state index is -0.890. The second-order valence-corrected chi connectivity index (χ2v) is 5.48. The molecule has 0 aromatic heterocycles. The maximum Gasteiger partial charge on any atom is 0.320 e. The molecule has 0 spiro atoms. The lowest BCUT2D eigenvalue weighted by Crippen LogP contribution is -2.39. The predicted molar refractivity (Wildman–Crippen MR) is 73.8 cm³/mol. The van der Waals surface area contributed by atoms with E-state index in [1.54, 1.807) is 6.07 Å². The summed E-state index contributed by atoms with van der Waals surface area (Å²) in [5.74, 6) is -1.03. The van der Waals surface area contributed by atoms with Crippen molar-refractivity contribution >= 4 is 17.6 Å². The number of rotatable bonds is 6. The van der Waals surface area contributed by atoms with Crippen LogP contribution in [0.2, 0.25) is 5.02 Å². The third kappa shape index (κ3) is 4.80. The molecule has 2 unspecified atom stereocenters. The fraction of sp³-hybridized carbons (Fsp3) is 0.500. The number of aliphatic carboxylic acids is 1. The number of hydrogen-bond donors (Lipinski definition) is 2. The topological polar surface area (TPSA) is 49.3 Å². The van der Waals surface area contributed by atoms with Gasteiger partial charge >= 0.3 is 5.97 Å². The second-order valence-electron chi connectivity index (χ2n) is 5.07. The van der Waals surface area contributed by atoms with E-state index in [1.165, 1.54) is 12.1 Å². The van der Waals surface area contributed by atoms with E-state index in [9.17, 15) is 14.3 Å². The fourth-order valence-electron chi connectivity index (χ4n) is 1.96. The first-order valence-corrected chi connectivity index (χ1v) is 6.62. The molecule has 1 aromatic rings. The van der Waals surface area contributed by atoms with Gasteiger partial charge in [0.25, 0.3) is 0 Å². The highest BCUT2D eigenvalue weighted by atomic mass is 35.5. The quantitative estimate of drug-likeness (QED) is 0.840. The standard InChI is InChI=1S/C14H19ClFNO2/c1-8(2)6-13(14(18)19)17-9(3)11-5-4-10(16)7-12(11)15/h4-5,7-9,13,17H,6H2,1-3H3,(H,18,19). The lowest BCUT2D eigenvalue weighted by Gasteiger charge is -2.22. The van der Waals surface area contributed by atoms with Crippen LogP contribution < -0.4 is 5.32 Å². The molecule has 2 N–H and O–H groups in total. The zero-order valence-electron chi connectivity index (χ0n) is 11.3. The highest BCUT2D eigenvalue weighted by Crippen LogP contribution is 2.24. The molecule has 0 saturated carbocycles. The van der Waals surface area contributed by atoms with Crippen LogP contribution in [0.5, 0.6) is 0 Å². The molecule has 1 aromatic carbocycles. The van der Waals surface area contributed by atoms with Crippen LogP contribution in [0.25, 0.3) is 0 Å². The van der Waals surface area contributed by atoms with Crippen molar-refractivity contribution in [2.45, 2.75) is 39.3 Å². The summed E-state index contributed by atoms with van der Waals surface area (Å²) in [5.41, 5.74) is 0.693. The van der Waals surface area contributed by atoms with E-state index in [4.69, 9.17) is 11.6 Å². The lowest BCUT2D eigenvalue weighted by atomic mass is 10.0. The van der Waals surface area contributed by atoms with Crippen molar-refractivity contribution < 1.29 is 14.3 Å². The van der Waals surface area contributed by atoms with E-state index in [1.807, 2.05) is 20.8 Å². The van der Waals surface area contributed by atoms with Gasteiger partial charge < -0.3 is 5.11 Å². The predicted octanol–water partition coefficient (Wildman–Crippen LogP) is 3.63. The summed E-state index contributed by atoms with van der Waals surface area (Å²) < 4.78 is 13.0. The van der Waals surface area contributed by atoms with Crippen molar-refractivity contribution in [1.29, 1.82) is 0 Å². The Bertz CT molecular complexity index is 451. The summed E-state index contributed by atoms with van der Waals surface area (Å²) in [6.45, 7) is 5.75. The van der Waals surface area contributed by atoms with Crippen LogP contribution in [0.3, 0.4) is 0 Å². The van der Waals surface area contributed by atoms with E-state index >= 15 is 0 Å². The summed E-state index contributed by atoms with van der Waals surface area (Å²) in [5, 5.41) is 12.5. The van der Waals surface area contributed by atoms with Gasteiger partial charge in [-0.15, -0.1) is 0 Å². The number of halogens is 2. The van der Waals surface area contributed by atoms with E-state index in [-0.39, 0.29) is 12.0 Å². The van der Waals surface area contributed by atoms with Crippen molar-refractivity contribution in [1.82, 2.24) is 5.32 Å². The second kappa shape index (κ2) is 6.87. The SMILES string of the molecule is CC(C)CC(NC(C)c1ccc(F)cc1Cl)C(=O)O. The van der Waals surface area contributed by atoms with Crippen molar-refractivity contribution in [3.8, 4) is 0 Å². The number of carboxylic acids is 1. The van der Waals surface area contributed by atoms with Crippen LogP contribution in [0, 0.1) is 11.7 Å². The van der Waals surface area contributed by atoms with Crippen LogP contribution in [-0.4, -0.2) is 17.1 Å². The molecule has 0 aliphatic rings. The third-order valence-electron chi connectivity index (χ3n) is 2.89. The molecule has 19 heavy (non-hydrogen) atoms. The first-order chi connectivity index (χ1) is 8.81. The minimum Gasteiger partial charge on any atom is -0.480 e. The summed E-state index contributed by atoms with van der Waals surface area (Å²) in [6.07, 6.45) is 0.526. The van der Waals surface area contributed by atoms with Gasteiger partial charge in [0.2, 0.25) is 0 Å². The number of hydrogen-bond acceptors (Lipinski definition) is 2. The number of nitrogens with one attached hydrogen (secondary N) is 1. The molecule has 1 rings (SSSR count). The molecular formula is C14H19ClFNO2. The van der Waals surface area contributed by atoms with Crippen LogP contribution in [0.4, 0.5) is 4.39 Å². The average Bonchev–Trinajstić information content (AvgIpc) is 2.26. The molecule has 0 amide bonds. The molecular weight excluding hydrogens is 269 g/mol. The zero-order valence-corrected chi connectivity index (χ0v) is 12.0. The largest absolute Gasteiger partial charge is 0.480 e. The maximum absolute atomic E-state index is 13.0. The first kappa shape index (κ1) is 15.9. The molecule has 5 heteroatoms. The summed E-state index contributed by atoms with van der Waals surface area (Å²) >= 11 is 5.97. The first-order valence-electron chi connectivity index (χ1n) is 6.25. The molecule has 0 bridgehead atoms. The number of carboxylic acid groups (broad SMARTS) is 1. The average molecular weight is 288 g/mol. The van der Waals surface area contributed by atoms with E-state index in [0.29, 0.717) is 17.0 Å². The summed E-state index contributed by atoms with van der Waals surface area (Å²) in [4.78, 5) is 11.2. The molecule has 0 heterocycles. The van der Waals surface area contributed by atoms with Gasteiger partial charge in [-0.25, -0.2) is 4.39 Å². The normalized spacial score (nSPS) is 14.4. The van der Waals surface area contributed by atoms with Gasteiger partial charge in [0.1, 0.15) is 11.9 Å². The lowest BCUT2D eigenvalue weighted by molar-refractivity contribution is -0.140. The Morgan fingerprint density at radius 1 is 1.42 bits per heavy atom. The Balaban J connectivity index is 2.81. The van der Waals surface area contributed by atoms with Gasteiger partial charge in [0, 0.05) is 11.1 Å². The monoisotopic (exact) mass is 287 g/mol. The maximum atomic E-state index is 13.0. The van der Waals surface area contributed by atoms with Crippen LogP contribution in [-0.2, 0) is 4.79 Å². The van der Waals surface area contributed by atoms with Gasteiger partial charge in [-0.1, -0.05) is 31.5 Å². The summed E-state index contributed by atoms with van der Waals surface area (Å²) in [6, 6.07) is 3.22. The van der Waals surface area contributed by atoms with Gasteiger partial charge in [-0.05, 0) is 37.0 Å². The van der Waals surface area contributed by atoms with Gasteiger partial charge in [0.05, 0.1) is 0 Å². The van der Waals surface area contributed by atoms with Crippen molar-refractivity contribution in [3.05, 3.63) is 34.6 Å². The van der Waals surface area contributed by atoms with E-state index < -0.39 is 17.8 Å². The van der Waals surface area contributed by atoms with Gasteiger partial charge in [-0.2, -0.15) is 0 Å². The molecule has 0 aliphatic heterocycles. The number of carbonyl (C=O) groups is 1. The van der Waals surface area contributed by atoms with Crippen molar-refractivity contribution in [3.63, 3.8) is 0 Å². The molecule has 0 aliphatic carbocycles. The van der Waals surface area contributed by atoms with E-state index in [0.717, 1.165) is 0 Å². The Kier molecular flexibility index (Phi) is 5.76. The molecule has 106 valence electrons. The zero-order chi connectivity index (χ0) is 14.6. The van der Waals surface area contributed by atoms with E-state index in [2.05, 4.69) is 5.32 Å². The Morgan fingerprint density at radius 2 is 2.05 bits per heavy atom. The Morgan fingerprint density at radius 3 is 2.53 bits per heavy atom. The smallest absolute Gasteiger partial charge is 0.320 e. The highest BCUT2D eigenvalue weighted by molar-refractivity contribution is 6.31. The Labute approximate surface area is 117 Å². The molecule has 0 radical (unpaired) electrons. The van der Waals surface area contributed by atoms with Crippen molar-refractivity contribution in [2.24, 2.45) is 5.92 Å². The van der Waals surface area contributed by atoms with Gasteiger partial charge in [-0.3, -0.25) is 10.1 Å². The third-order valence-corrected chi connectivity index (χ3v) is 3.21. The fourth-order valence-corrected chi connectivity index (χ4v) is 2.29. The van der Waals surface area contributed by atoms with Crippen molar-refractivity contribution in [2.75, 3.05) is 0 Å². The molecule has 3 nitrogen and oxygen atoms in total. The highest BCUT2D eigenvalue weighted by Gasteiger charge is 2.22. The van der Waals surface area contributed by atoms with Crippen LogP contribution in [0.1, 0.15) is 38.8 Å². The minimum absolute atomic E-state index is 0.257. The number of benzene rings is 1. The van der Waals surface area contributed by atoms with Crippen LogP contribution >= 0.6 is 11.6 Å².